The van der Waals surface area contributed by atoms with Crippen molar-refractivity contribution in [3.05, 3.63) is 34.3 Å². The van der Waals surface area contributed by atoms with E-state index in [-0.39, 0.29) is 5.56 Å². The van der Waals surface area contributed by atoms with E-state index >= 15 is 0 Å². The van der Waals surface area contributed by atoms with Crippen LogP contribution in [0.3, 0.4) is 0 Å². The lowest BCUT2D eigenvalue weighted by Crippen LogP contribution is -2.45. The van der Waals surface area contributed by atoms with Gasteiger partial charge in [-0.15, -0.1) is 0 Å². The fourth-order valence-electron chi connectivity index (χ4n) is 1.44. The molecule has 0 spiro atoms. The zero-order chi connectivity index (χ0) is 13.3. The first-order valence-corrected chi connectivity index (χ1v) is 5.99. The molecule has 0 aliphatic heterocycles. The van der Waals surface area contributed by atoms with Gasteiger partial charge in [0, 0.05) is 10.0 Å². The van der Waals surface area contributed by atoms with Crippen LogP contribution < -0.4 is 5.32 Å². The lowest BCUT2D eigenvalue weighted by molar-refractivity contribution is -0.161. The van der Waals surface area contributed by atoms with Crippen molar-refractivity contribution in [3.8, 4) is 0 Å². The molecule has 1 rings (SSSR count). The van der Waals surface area contributed by atoms with Gasteiger partial charge in [-0.1, -0.05) is 28.1 Å². The zero-order valence-corrected chi connectivity index (χ0v) is 11.5. The average molecular weight is 310 g/mol. The van der Waals surface area contributed by atoms with Gasteiger partial charge in [0.05, 0.1) is 0 Å². The maximum absolute atomic E-state index is 13.0. The van der Waals surface area contributed by atoms with E-state index in [0.29, 0.717) is 0 Å². The van der Waals surface area contributed by atoms with E-state index in [4.69, 9.17) is 0 Å². The summed E-state index contributed by atoms with van der Waals surface area (Å²) in [4.78, 5) is 0. The van der Waals surface area contributed by atoms with Crippen molar-refractivity contribution in [2.45, 2.75) is 38.5 Å². The van der Waals surface area contributed by atoms with E-state index in [2.05, 4.69) is 21.2 Å². The minimum absolute atomic E-state index is 0.218. The molecule has 0 aliphatic carbocycles. The van der Waals surface area contributed by atoms with Gasteiger partial charge >= 0.3 is 6.18 Å². The van der Waals surface area contributed by atoms with Crippen molar-refractivity contribution in [2.75, 3.05) is 0 Å². The monoisotopic (exact) mass is 309 g/mol. The van der Waals surface area contributed by atoms with Crippen LogP contribution in [0.25, 0.3) is 0 Å². The van der Waals surface area contributed by atoms with Crippen molar-refractivity contribution < 1.29 is 13.2 Å². The number of hydrogen-bond donors (Lipinski definition) is 1. The number of halogens is 4. The first-order chi connectivity index (χ1) is 7.59. The molecule has 0 aliphatic rings. The van der Waals surface area contributed by atoms with Crippen LogP contribution in [0.5, 0.6) is 0 Å². The lowest BCUT2D eigenvalue weighted by atomic mass is 10.0. The molecular weight excluding hydrogens is 295 g/mol. The van der Waals surface area contributed by atoms with E-state index in [1.165, 1.54) is 12.1 Å². The second kappa shape index (κ2) is 4.98. The summed E-state index contributed by atoms with van der Waals surface area (Å²) in [6, 6.07) is 4.52. The van der Waals surface area contributed by atoms with Crippen molar-refractivity contribution in [1.29, 1.82) is 0 Å². The van der Waals surface area contributed by atoms with Crippen molar-refractivity contribution in [1.82, 2.24) is 5.32 Å². The molecule has 1 aromatic carbocycles. The highest BCUT2D eigenvalue weighted by atomic mass is 79.9. The molecule has 1 aromatic rings. The van der Waals surface area contributed by atoms with Crippen molar-refractivity contribution in [3.63, 3.8) is 0 Å². The summed E-state index contributed by atoms with van der Waals surface area (Å²) >= 11 is 3.20. The molecule has 0 heterocycles. The highest BCUT2D eigenvalue weighted by Gasteiger charge is 2.42. The Kier molecular flexibility index (Phi) is 4.25. The summed E-state index contributed by atoms with van der Waals surface area (Å²) < 4.78 is 39.6. The number of hydrogen-bond acceptors (Lipinski definition) is 1. The Bertz CT molecular complexity index is 365. The molecule has 0 bridgehead atoms. The SMILES string of the molecule is CC(C)(C)N[C@H](c1ccc(Br)cc1)C(F)(F)F. The predicted octanol–water partition coefficient (Wildman–Crippen LogP) is 4.44. The standard InChI is InChI=1S/C12H15BrF3N/c1-11(2,3)17-10(12(14,15)16)8-4-6-9(13)7-5-8/h4-7,10,17H,1-3H3/t10-/m1/s1. The Morgan fingerprint density at radius 1 is 1.06 bits per heavy atom. The van der Waals surface area contributed by atoms with Gasteiger partial charge in [0.1, 0.15) is 6.04 Å². The third kappa shape index (κ3) is 4.68. The molecule has 0 unspecified atom stereocenters. The van der Waals surface area contributed by atoms with E-state index < -0.39 is 17.8 Å². The molecule has 0 fully saturated rings. The quantitative estimate of drug-likeness (QED) is 0.851. The van der Waals surface area contributed by atoms with Crippen LogP contribution in [-0.2, 0) is 0 Å². The topological polar surface area (TPSA) is 12.0 Å². The largest absolute Gasteiger partial charge is 0.407 e. The predicted molar refractivity (Wildman–Crippen MR) is 65.8 cm³/mol. The summed E-state index contributed by atoms with van der Waals surface area (Å²) in [5, 5.41) is 2.59. The van der Waals surface area contributed by atoms with E-state index in [9.17, 15) is 13.2 Å². The van der Waals surface area contributed by atoms with Gasteiger partial charge in [-0.3, -0.25) is 5.32 Å². The summed E-state index contributed by atoms with van der Waals surface area (Å²) in [6.45, 7) is 5.14. The smallest absolute Gasteiger partial charge is 0.298 e. The van der Waals surface area contributed by atoms with E-state index in [0.717, 1.165) is 4.47 Å². The first kappa shape index (κ1) is 14.5. The van der Waals surface area contributed by atoms with Crippen LogP contribution in [-0.4, -0.2) is 11.7 Å². The van der Waals surface area contributed by atoms with Crippen LogP contribution in [0, 0.1) is 0 Å². The number of nitrogens with one attached hydrogen (secondary N) is 1. The van der Waals surface area contributed by atoms with Gasteiger partial charge in [-0.05, 0) is 38.5 Å². The van der Waals surface area contributed by atoms with E-state index in [1.807, 2.05) is 0 Å². The maximum Gasteiger partial charge on any atom is 0.407 e. The van der Waals surface area contributed by atoms with Crippen molar-refractivity contribution in [2.24, 2.45) is 0 Å². The summed E-state index contributed by atoms with van der Waals surface area (Å²) in [7, 11) is 0. The number of alkyl halides is 3. The summed E-state index contributed by atoms with van der Waals surface area (Å²) in [5.41, 5.74) is -0.386. The highest BCUT2D eigenvalue weighted by Crippen LogP contribution is 2.34. The van der Waals surface area contributed by atoms with Gasteiger partial charge in [-0.2, -0.15) is 13.2 Å². The van der Waals surface area contributed by atoms with Crippen LogP contribution in [0.2, 0.25) is 0 Å². The Hall–Kier alpha value is -0.550. The Balaban J connectivity index is 3.03. The van der Waals surface area contributed by atoms with Crippen LogP contribution in [0.4, 0.5) is 13.2 Å². The highest BCUT2D eigenvalue weighted by molar-refractivity contribution is 9.10. The second-order valence-electron chi connectivity index (χ2n) is 4.92. The molecule has 17 heavy (non-hydrogen) atoms. The second-order valence-corrected chi connectivity index (χ2v) is 5.84. The molecule has 96 valence electrons. The van der Waals surface area contributed by atoms with Crippen molar-refractivity contribution >= 4 is 15.9 Å². The fourth-order valence-corrected chi connectivity index (χ4v) is 1.71. The molecule has 0 saturated heterocycles. The average Bonchev–Trinajstić information content (AvgIpc) is 2.13. The Morgan fingerprint density at radius 3 is 1.88 bits per heavy atom. The minimum Gasteiger partial charge on any atom is -0.298 e. The van der Waals surface area contributed by atoms with Crippen LogP contribution >= 0.6 is 15.9 Å². The minimum atomic E-state index is -4.30. The van der Waals surface area contributed by atoms with Gasteiger partial charge in [0.2, 0.25) is 0 Å². The normalized spacial score (nSPS) is 14.8. The molecule has 1 N–H and O–H groups in total. The van der Waals surface area contributed by atoms with Gasteiger partial charge in [-0.25, -0.2) is 0 Å². The molecule has 0 radical (unpaired) electrons. The molecule has 1 nitrogen and oxygen atoms in total. The van der Waals surface area contributed by atoms with E-state index in [1.54, 1.807) is 32.9 Å². The summed E-state index contributed by atoms with van der Waals surface area (Å²) in [5.74, 6) is 0. The first-order valence-electron chi connectivity index (χ1n) is 5.19. The third-order valence-electron chi connectivity index (χ3n) is 2.11. The fraction of sp³-hybridized carbons (Fsp3) is 0.500. The number of benzene rings is 1. The van der Waals surface area contributed by atoms with Gasteiger partial charge < -0.3 is 0 Å². The molecule has 0 saturated carbocycles. The zero-order valence-electron chi connectivity index (χ0n) is 9.90. The maximum atomic E-state index is 13.0. The Morgan fingerprint density at radius 2 is 1.53 bits per heavy atom. The van der Waals surface area contributed by atoms with Gasteiger partial charge in [0.15, 0.2) is 0 Å². The molecular formula is C12H15BrF3N. The molecule has 0 aromatic heterocycles. The molecule has 1 atom stereocenters. The Labute approximate surface area is 108 Å². The number of rotatable bonds is 2. The van der Waals surface area contributed by atoms with Crippen LogP contribution in [0.1, 0.15) is 32.4 Å². The van der Waals surface area contributed by atoms with Gasteiger partial charge in [0.25, 0.3) is 0 Å². The molecule has 5 heteroatoms. The third-order valence-corrected chi connectivity index (χ3v) is 2.64. The summed E-state index contributed by atoms with van der Waals surface area (Å²) in [6.07, 6.45) is -4.30. The molecule has 0 amide bonds. The van der Waals surface area contributed by atoms with Crippen LogP contribution in [0.15, 0.2) is 28.7 Å². The lowest BCUT2D eigenvalue weighted by Gasteiger charge is -2.30.